The Balaban J connectivity index is 2.34. The molecule has 4 heteroatoms. The molecule has 0 aliphatic rings. The molecule has 1 unspecified atom stereocenters. The van der Waals surface area contributed by atoms with E-state index in [1.54, 1.807) is 6.07 Å². The summed E-state index contributed by atoms with van der Waals surface area (Å²) in [6.07, 6.45) is 0. The Morgan fingerprint density at radius 3 is 2.61 bits per heavy atom. The summed E-state index contributed by atoms with van der Waals surface area (Å²) >= 11 is 3.23. The Kier molecular flexibility index (Phi) is 3.99. The molecular weight excluding hydrogens is 297 g/mol. The zero-order chi connectivity index (χ0) is 13.1. The summed E-state index contributed by atoms with van der Waals surface area (Å²) in [4.78, 5) is 0. The first-order valence-electron chi connectivity index (χ1n) is 5.54. The molecule has 94 valence electrons. The largest absolute Gasteiger partial charge is 0.457 e. The number of ether oxygens (including phenoxy) is 1. The molecule has 0 fully saturated rings. The van der Waals surface area contributed by atoms with Crippen molar-refractivity contribution in [1.29, 1.82) is 0 Å². The van der Waals surface area contributed by atoms with Crippen LogP contribution in [0.5, 0.6) is 11.5 Å². The number of benzene rings is 2. The van der Waals surface area contributed by atoms with Gasteiger partial charge in [0.2, 0.25) is 0 Å². The number of halogens is 2. The van der Waals surface area contributed by atoms with Crippen molar-refractivity contribution in [2.45, 2.75) is 13.0 Å². The molecule has 1 atom stereocenters. The molecular formula is C14H13BrFNO. The maximum Gasteiger partial charge on any atom is 0.132 e. The summed E-state index contributed by atoms with van der Waals surface area (Å²) in [7, 11) is 0. The summed E-state index contributed by atoms with van der Waals surface area (Å²) in [6.45, 7) is 1.88. The molecule has 0 saturated carbocycles. The number of nitrogens with two attached hydrogens (primary N) is 1. The second-order valence-electron chi connectivity index (χ2n) is 4.03. The molecule has 2 rings (SSSR count). The van der Waals surface area contributed by atoms with Gasteiger partial charge in [-0.05, 0) is 25.1 Å². The zero-order valence-corrected chi connectivity index (χ0v) is 11.4. The molecule has 0 spiro atoms. The van der Waals surface area contributed by atoms with Gasteiger partial charge in [-0.25, -0.2) is 4.39 Å². The smallest absolute Gasteiger partial charge is 0.132 e. The highest BCUT2D eigenvalue weighted by Gasteiger charge is 2.09. The molecule has 0 aliphatic heterocycles. The van der Waals surface area contributed by atoms with Gasteiger partial charge in [-0.15, -0.1) is 0 Å². The van der Waals surface area contributed by atoms with Crippen LogP contribution in [0, 0.1) is 5.82 Å². The molecule has 2 aromatic carbocycles. The molecule has 18 heavy (non-hydrogen) atoms. The first-order chi connectivity index (χ1) is 8.56. The van der Waals surface area contributed by atoms with Crippen molar-refractivity contribution in [3.63, 3.8) is 0 Å². The Morgan fingerprint density at radius 2 is 1.94 bits per heavy atom. The van der Waals surface area contributed by atoms with Crippen molar-refractivity contribution in [3.05, 3.63) is 58.3 Å². The molecule has 0 aliphatic carbocycles. The van der Waals surface area contributed by atoms with Crippen LogP contribution in [0.15, 0.2) is 46.9 Å². The first kappa shape index (κ1) is 13.1. The van der Waals surface area contributed by atoms with Crippen LogP contribution in [0.2, 0.25) is 0 Å². The summed E-state index contributed by atoms with van der Waals surface area (Å²) < 4.78 is 19.6. The second-order valence-corrected chi connectivity index (χ2v) is 4.95. The van der Waals surface area contributed by atoms with Gasteiger partial charge in [0.05, 0.1) is 0 Å². The van der Waals surface area contributed by atoms with Crippen molar-refractivity contribution >= 4 is 15.9 Å². The minimum absolute atomic E-state index is 0.141. The SMILES string of the molecule is CC(N)c1ccccc1Oc1cc(F)cc(Br)c1. The molecule has 0 heterocycles. The van der Waals surface area contributed by atoms with Gasteiger partial charge in [0.1, 0.15) is 17.3 Å². The average Bonchev–Trinajstić information content (AvgIpc) is 2.27. The fourth-order valence-corrected chi connectivity index (χ4v) is 2.11. The Morgan fingerprint density at radius 1 is 1.22 bits per heavy atom. The van der Waals surface area contributed by atoms with Crippen LogP contribution >= 0.6 is 15.9 Å². The van der Waals surface area contributed by atoms with Gasteiger partial charge in [0.25, 0.3) is 0 Å². The number of hydrogen-bond acceptors (Lipinski definition) is 2. The maximum absolute atomic E-state index is 13.3. The highest BCUT2D eigenvalue weighted by atomic mass is 79.9. The van der Waals surface area contributed by atoms with Crippen molar-refractivity contribution in [2.75, 3.05) is 0 Å². The quantitative estimate of drug-likeness (QED) is 0.912. The molecule has 0 radical (unpaired) electrons. The molecule has 0 bridgehead atoms. The van der Waals surface area contributed by atoms with Gasteiger partial charge in [-0.2, -0.15) is 0 Å². The molecule has 0 aromatic heterocycles. The van der Waals surface area contributed by atoms with Crippen LogP contribution in [0.3, 0.4) is 0 Å². The second kappa shape index (κ2) is 5.50. The number of para-hydroxylation sites is 1. The summed E-state index contributed by atoms with van der Waals surface area (Å²) in [6, 6.07) is 11.8. The predicted octanol–water partition coefficient (Wildman–Crippen LogP) is 4.40. The third kappa shape index (κ3) is 3.09. The Hall–Kier alpha value is -1.39. The van der Waals surface area contributed by atoms with Crippen LogP contribution < -0.4 is 10.5 Å². The van der Waals surface area contributed by atoms with Crippen molar-refractivity contribution in [3.8, 4) is 11.5 Å². The van der Waals surface area contributed by atoms with Crippen LogP contribution in [0.1, 0.15) is 18.5 Å². The van der Waals surface area contributed by atoms with Gasteiger partial charge < -0.3 is 10.5 Å². The topological polar surface area (TPSA) is 35.2 Å². The lowest BCUT2D eigenvalue weighted by Crippen LogP contribution is -2.06. The van der Waals surface area contributed by atoms with Gasteiger partial charge in [-0.1, -0.05) is 34.1 Å². The standard InChI is InChI=1S/C14H13BrFNO/c1-9(17)13-4-2-3-5-14(13)18-12-7-10(15)6-11(16)8-12/h2-9H,17H2,1H3. The van der Waals surface area contributed by atoms with Crippen LogP contribution in [0.4, 0.5) is 4.39 Å². The lowest BCUT2D eigenvalue weighted by atomic mass is 10.1. The van der Waals surface area contributed by atoms with Crippen LogP contribution in [-0.2, 0) is 0 Å². The van der Waals surface area contributed by atoms with Gasteiger partial charge >= 0.3 is 0 Å². The number of hydrogen-bond donors (Lipinski definition) is 1. The van der Waals surface area contributed by atoms with E-state index in [1.807, 2.05) is 31.2 Å². The first-order valence-corrected chi connectivity index (χ1v) is 6.34. The molecule has 0 amide bonds. The fraction of sp³-hybridized carbons (Fsp3) is 0.143. The lowest BCUT2D eigenvalue weighted by Gasteiger charge is -2.13. The van der Waals surface area contributed by atoms with E-state index in [1.165, 1.54) is 12.1 Å². The predicted molar refractivity (Wildman–Crippen MR) is 73.2 cm³/mol. The van der Waals surface area contributed by atoms with Crippen molar-refractivity contribution < 1.29 is 9.13 Å². The van der Waals surface area contributed by atoms with Crippen LogP contribution in [0.25, 0.3) is 0 Å². The van der Waals surface area contributed by atoms with Crippen molar-refractivity contribution in [1.82, 2.24) is 0 Å². The monoisotopic (exact) mass is 309 g/mol. The average molecular weight is 310 g/mol. The lowest BCUT2D eigenvalue weighted by molar-refractivity contribution is 0.466. The van der Waals surface area contributed by atoms with E-state index in [-0.39, 0.29) is 11.9 Å². The minimum Gasteiger partial charge on any atom is -0.457 e. The van der Waals surface area contributed by atoms with Crippen molar-refractivity contribution in [2.24, 2.45) is 5.73 Å². The van der Waals surface area contributed by atoms with E-state index in [9.17, 15) is 4.39 Å². The molecule has 2 nitrogen and oxygen atoms in total. The highest BCUT2D eigenvalue weighted by molar-refractivity contribution is 9.10. The normalized spacial score (nSPS) is 12.2. The summed E-state index contributed by atoms with van der Waals surface area (Å²) in [5.74, 6) is 0.734. The Labute approximate surface area is 114 Å². The zero-order valence-electron chi connectivity index (χ0n) is 9.86. The van der Waals surface area contributed by atoms with Gasteiger partial charge in [0, 0.05) is 22.1 Å². The summed E-state index contributed by atoms with van der Waals surface area (Å²) in [5, 5.41) is 0. The summed E-state index contributed by atoms with van der Waals surface area (Å²) in [5.41, 5.74) is 6.75. The van der Waals surface area contributed by atoms with E-state index in [2.05, 4.69) is 15.9 Å². The third-order valence-corrected chi connectivity index (χ3v) is 2.93. The van der Waals surface area contributed by atoms with E-state index in [4.69, 9.17) is 10.5 Å². The maximum atomic E-state index is 13.3. The Bertz CT molecular complexity index is 537. The van der Waals surface area contributed by atoms with Gasteiger partial charge in [0.15, 0.2) is 0 Å². The van der Waals surface area contributed by atoms with E-state index >= 15 is 0 Å². The molecule has 0 saturated heterocycles. The van der Waals surface area contributed by atoms with E-state index in [0.717, 1.165) is 5.56 Å². The van der Waals surface area contributed by atoms with E-state index < -0.39 is 0 Å². The minimum atomic E-state index is -0.349. The van der Waals surface area contributed by atoms with E-state index in [0.29, 0.717) is 16.0 Å². The number of rotatable bonds is 3. The molecule has 2 aromatic rings. The highest BCUT2D eigenvalue weighted by Crippen LogP contribution is 2.30. The fourth-order valence-electron chi connectivity index (χ4n) is 1.66. The molecule has 2 N–H and O–H groups in total. The van der Waals surface area contributed by atoms with Gasteiger partial charge in [-0.3, -0.25) is 0 Å². The van der Waals surface area contributed by atoms with Crippen LogP contribution in [-0.4, -0.2) is 0 Å². The third-order valence-electron chi connectivity index (χ3n) is 2.47.